The van der Waals surface area contributed by atoms with Crippen LogP contribution in [0.2, 0.25) is 0 Å². The molecule has 1 amide bonds. The Morgan fingerprint density at radius 3 is 2.85 bits per heavy atom. The van der Waals surface area contributed by atoms with E-state index < -0.39 is 0 Å². The Hall–Kier alpha value is -2.53. The van der Waals surface area contributed by atoms with Gasteiger partial charge in [0.05, 0.1) is 18.8 Å². The molecule has 5 heteroatoms. The topological polar surface area (TPSA) is 50.8 Å². The van der Waals surface area contributed by atoms with Gasteiger partial charge in [0.2, 0.25) is 0 Å². The van der Waals surface area contributed by atoms with Crippen molar-refractivity contribution in [1.29, 1.82) is 0 Å². The highest BCUT2D eigenvalue weighted by molar-refractivity contribution is 6.01. The number of carbonyl (C=O) groups excluding carboxylic acids is 1. The summed E-state index contributed by atoms with van der Waals surface area (Å²) in [5.41, 5.74) is 3.69. The van der Waals surface area contributed by atoms with E-state index in [2.05, 4.69) is 11.4 Å². The largest absolute Gasteiger partial charge is 0.496 e. The van der Waals surface area contributed by atoms with Crippen LogP contribution in [0.25, 0.3) is 0 Å². The fourth-order valence-electron chi connectivity index (χ4n) is 3.82. The number of rotatable bonds is 4. The van der Waals surface area contributed by atoms with Gasteiger partial charge in [0.25, 0.3) is 5.91 Å². The Morgan fingerprint density at radius 2 is 2.12 bits per heavy atom. The molecule has 136 valence electrons. The average molecular weight is 352 g/mol. The number of aryl methyl sites for hydroxylation is 1. The smallest absolute Gasteiger partial charge is 0.257 e. The Labute approximate surface area is 153 Å². The third-order valence-electron chi connectivity index (χ3n) is 5.18. The second-order valence-electron chi connectivity index (χ2n) is 6.91. The van der Waals surface area contributed by atoms with Crippen LogP contribution < -0.4 is 10.1 Å². The first-order valence-electron chi connectivity index (χ1n) is 9.10. The van der Waals surface area contributed by atoms with Crippen LogP contribution in [0, 0.1) is 6.92 Å². The Bertz CT molecular complexity index is 815. The Balaban J connectivity index is 1.71. The molecule has 2 heterocycles. The van der Waals surface area contributed by atoms with Crippen molar-refractivity contribution in [3.63, 3.8) is 0 Å². The summed E-state index contributed by atoms with van der Waals surface area (Å²) in [5.74, 6) is 0.898. The molecule has 0 aromatic heterocycles. The van der Waals surface area contributed by atoms with E-state index in [4.69, 9.17) is 9.47 Å². The zero-order valence-electron chi connectivity index (χ0n) is 15.2. The molecular formula is C21H24N2O3. The van der Waals surface area contributed by atoms with Gasteiger partial charge in [-0.3, -0.25) is 4.79 Å². The van der Waals surface area contributed by atoms with E-state index >= 15 is 0 Å². The molecule has 1 fully saturated rings. The zero-order chi connectivity index (χ0) is 18.1. The predicted molar refractivity (Wildman–Crippen MR) is 101 cm³/mol. The van der Waals surface area contributed by atoms with Crippen LogP contribution in [0.5, 0.6) is 5.75 Å². The maximum Gasteiger partial charge on any atom is 0.257 e. The molecule has 0 unspecified atom stereocenters. The molecule has 2 aromatic carbocycles. The SMILES string of the molecule is COc1ccc([C@@H]2Nc3ccccc3C(=O)N2C[C@@H]2CCCO2)cc1C. The normalized spacial score (nSPS) is 22.1. The molecule has 2 aliphatic rings. The lowest BCUT2D eigenvalue weighted by Crippen LogP contribution is -2.46. The van der Waals surface area contributed by atoms with Gasteiger partial charge in [-0.15, -0.1) is 0 Å². The molecule has 0 aliphatic carbocycles. The van der Waals surface area contributed by atoms with E-state index in [9.17, 15) is 4.79 Å². The first-order valence-corrected chi connectivity index (χ1v) is 9.10. The third-order valence-corrected chi connectivity index (χ3v) is 5.18. The highest BCUT2D eigenvalue weighted by atomic mass is 16.5. The molecule has 1 saturated heterocycles. The molecule has 2 atom stereocenters. The number of para-hydroxylation sites is 1. The van der Waals surface area contributed by atoms with Crippen LogP contribution >= 0.6 is 0 Å². The number of amides is 1. The van der Waals surface area contributed by atoms with Crippen molar-refractivity contribution in [1.82, 2.24) is 4.90 Å². The second kappa shape index (κ2) is 7.00. The van der Waals surface area contributed by atoms with E-state index in [0.717, 1.165) is 42.0 Å². The first kappa shape index (κ1) is 16.9. The van der Waals surface area contributed by atoms with E-state index in [-0.39, 0.29) is 18.2 Å². The van der Waals surface area contributed by atoms with Gasteiger partial charge in [-0.2, -0.15) is 0 Å². The Kier molecular flexibility index (Phi) is 4.55. The first-order chi connectivity index (χ1) is 12.7. The highest BCUT2D eigenvalue weighted by Crippen LogP contribution is 2.35. The summed E-state index contributed by atoms with van der Waals surface area (Å²) in [6.45, 7) is 3.39. The number of carbonyl (C=O) groups is 1. The number of hydrogen-bond donors (Lipinski definition) is 1. The summed E-state index contributed by atoms with van der Waals surface area (Å²) in [7, 11) is 1.67. The minimum absolute atomic E-state index is 0.0494. The molecule has 2 aliphatic heterocycles. The van der Waals surface area contributed by atoms with Gasteiger partial charge in [-0.25, -0.2) is 0 Å². The van der Waals surface area contributed by atoms with Gasteiger partial charge in [0, 0.05) is 18.8 Å². The second-order valence-corrected chi connectivity index (χ2v) is 6.91. The zero-order valence-corrected chi connectivity index (χ0v) is 15.2. The number of fused-ring (bicyclic) bond motifs is 1. The number of nitrogens with one attached hydrogen (secondary N) is 1. The van der Waals surface area contributed by atoms with Gasteiger partial charge in [-0.1, -0.05) is 18.2 Å². The molecule has 0 spiro atoms. The van der Waals surface area contributed by atoms with Crippen molar-refractivity contribution in [3.05, 3.63) is 59.2 Å². The molecule has 5 nitrogen and oxygen atoms in total. The fourth-order valence-corrected chi connectivity index (χ4v) is 3.82. The summed E-state index contributed by atoms with van der Waals surface area (Å²) < 4.78 is 11.2. The highest BCUT2D eigenvalue weighted by Gasteiger charge is 2.35. The molecule has 26 heavy (non-hydrogen) atoms. The van der Waals surface area contributed by atoms with Gasteiger partial charge in [0.15, 0.2) is 0 Å². The minimum Gasteiger partial charge on any atom is -0.496 e. The number of nitrogens with zero attached hydrogens (tertiary/aromatic N) is 1. The molecule has 0 bridgehead atoms. The fraction of sp³-hybridized carbons (Fsp3) is 0.381. The minimum atomic E-state index is -0.216. The van der Waals surface area contributed by atoms with Crippen LogP contribution in [0.1, 0.15) is 40.5 Å². The molecule has 4 rings (SSSR count). The lowest BCUT2D eigenvalue weighted by Gasteiger charge is -2.39. The summed E-state index contributed by atoms with van der Waals surface area (Å²) in [6.07, 6.45) is 1.95. The lowest BCUT2D eigenvalue weighted by molar-refractivity contribution is 0.0427. The molecule has 2 aromatic rings. The summed E-state index contributed by atoms with van der Waals surface area (Å²) in [5, 5.41) is 3.54. The quantitative estimate of drug-likeness (QED) is 0.910. The van der Waals surface area contributed by atoms with Crippen LogP contribution in [0.15, 0.2) is 42.5 Å². The third kappa shape index (κ3) is 3.03. The number of methoxy groups -OCH3 is 1. The van der Waals surface area contributed by atoms with Gasteiger partial charge >= 0.3 is 0 Å². The molecule has 1 N–H and O–H groups in total. The van der Waals surface area contributed by atoms with Crippen molar-refractivity contribution in [2.24, 2.45) is 0 Å². The average Bonchev–Trinajstić information content (AvgIpc) is 3.17. The number of ether oxygens (including phenoxy) is 2. The molecule has 0 saturated carbocycles. The number of benzene rings is 2. The van der Waals surface area contributed by atoms with E-state index in [1.165, 1.54) is 0 Å². The van der Waals surface area contributed by atoms with Crippen LogP contribution in [-0.2, 0) is 4.74 Å². The van der Waals surface area contributed by atoms with Crippen LogP contribution in [-0.4, -0.2) is 37.2 Å². The number of hydrogen-bond acceptors (Lipinski definition) is 4. The van der Waals surface area contributed by atoms with Gasteiger partial charge in [0.1, 0.15) is 11.9 Å². The standard InChI is InChI=1S/C21H24N2O3/c1-14-12-15(9-10-19(14)25-2)20-22-18-8-4-3-7-17(18)21(24)23(20)13-16-6-5-11-26-16/h3-4,7-10,12,16,20,22H,5-6,11,13H2,1-2H3/t16-,20+/m0/s1. The molecule has 0 radical (unpaired) electrons. The number of anilines is 1. The van der Waals surface area contributed by atoms with Crippen LogP contribution in [0.3, 0.4) is 0 Å². The van der Waals surface area contributed by atoms with E-state index in [1.807, 2.05) is 48.2 Å². The van der Waals surface area contributed by atoms with Crippen LogP contribution in [0.4, 0.5) is 5.69 Å². The van der Waals surface area contributed by atoms with Crippen molar-refractivity contribution >= 4 is 11.6 Å². The van der Waals surface area contributed by atoms with Gasteiger partial charge < -0.3 is 19.7 Å². The van der Waals surface area contributed by atoms with E-state index in [0.29, 0.717) is 12.1 Å². The predicted octanol–water partition coefficient (Wildman–Crippen LogP) is 3.75. The van der Waals surface area contributed by atoms with Crippen molar-refractivity contribution < 1.29 is 14.3 Å². The summed E-state index contributed by atoms with van der Waals surface area (Å²) >= 11 is 0. The van der Waals surface area contributed by atoms with Crippen molar-refractivity contribution in [3.8, 4) is 5.75 Å². The maximum atomic E-state index is 13.2. The lowest BCUT2D eigenvalue weighted by atomic mass is 10.0. The van der Waals surface area contributed by atoms with Gasteiger partial charge in [-0.05, 0) is 55.2 Å². The van der Waals surface area contributed by atoms with Crippen molar-refractivity contribution in [2.45, 2.75) is 32.0 Å². The monoisotopic (exact) mass is 352 g/mol. The Morgan fingerprint density at radius 1 is 1.27 bits per heavy atom. The summed E-state index contributed by atoms with van der Waals surface area (Å²) in [4.78, 5) is 15.1. The summed E-state index contributed by atoms with van der Waals surface area (Å²) in [6, 6.07) is 13.8. The van der Waals surface area contributed by atoms with E-state index in [1.54, 1.807) is 7.11 Å². The van der Waals surface area contributed by atoms with Crippen molar-refractivity contribution in [2.75, 3.05) is 25.6 Å². The maximum absolute atomic E-state index is 13.2. The molecular weight excluding hydrogens is 328 g/mol.